The van der Waals surface area contributed by atoms with Gasteiger partial charge in [0.25, 0.3) is 0 Å². The van der Waals surface area contributed by atoms with Gasteiger partial charge in [-0.2, -0.15) is 4.31 Å². The molecule has 0 spiro atoms. The lowest BCUT2D eigenvalue weighted by molar-refractivity contribution is 0.0450. The van der Waals surface area contributed by atoms with E-state index in [1.165, 1.54) is 6.07 Å². The first-order valence-electron chi connectivity index (χ1n) is 8.81. The molecule has 0 unspecified atom stereocenters. The maximum Gasteiger partial charge on any atom is 0.338 e. The highest BCUT2D eigenvalue weighted by Gasteiger charge is 2.30. The van der Waals surface area contributed by atoms with E-state index in [1.54, 1.807) is 18.2 Å². The Bertz CT molecular complexity index is 978. The van der Waals surface area contributed by atoms with Crippen LogP contribution in [0.25, 0.3) is 0 Å². The van der Waals surface area contributed by atoms with Crippen molar-refractivity contribution < 1.29 is 31.8 Å². The van der Waals surface area contributed by atoms with E-state index in [0.717, 1.165) is 20.9 Å². The van der Waals surface area contributed by atoms with Crippen LogP contribution in [0.4, 0.5) is 4.39 Å². The van der Waals surface area contributed by atoms with Gasteiger partial charge in [-0.05, 0) is 36.4 Å². The van der Waals surface area contributed by atoms with E-state index in [9.17, 15) is 17.6 Å². The zero-order valence-electron chi connectivity index (χ0n) is 15.3. The van der Waals surface area contributed by atoms with Gasteiger partial charge in [0.05, 0.1) is 18.8 Å². The molecule has 1 aliphatic rings. The molecule has 7 nitrogen and oxygen atoms in total. The third-order valence-corrected chi connectivity index (χ3v) is 6.54. The van der Waals surface area contributed by atoms with Crippen molar-refractivity contribution in [2.45, 2.75) is 4.90 Å². The van der Waals surface area contributed by atoms with Crippen LogP contribution < -0.4 is 4.74 Å². The van der Waals surface area contributed by atoms with E-state index in [-0.39, 0.29) is 45.1 Å². The number of hydrogen-bond donors (Lipinski definition) is 0. The highest BCUT2D eigenvalue weighted by molar-refractivity contribution is 9.10. The molecule has 0 amide bonds. The second kappa shape index (κ2) is 9.66. The molecule has 0 N–H and O–H groups in total. The summed E-state index contributed by atoms with van der Waals surface area (Å²) in [5.74, 6) is -1.08. The van der Waals surface area contributed by atoms with Crippen LogP contribution in [-0.2, 0) is 19.5 Å². The highest BCUT2D eigenvalue weighted by atomic mass is 79.9. The first kappa shape index (κ1) is 21.7. The average molecular weight is 488 g/mol. The summed E-state index contributed by atoms with van der Waals surface area (Å²) in [5.41, 5.74) is -0.0549. The molecule has 1 heterocycles. The van der Waals surface area contributed by atoms with Gasteiger partial charge >= 0.3 is 5.97 Å². The number of morpholine rings is 1. The van der Waals surface area contributed by atoms with Crippen molar-refractivity contribution in [3.05, 3.63) is 58.3 Å². The van der Waals surface area contributed by atoms with Gasteiger partial charge in [0.1, 0.15) is 29.7 Å². The monoisotopic (exact) mass is 487 g/mol. The minimum absolute atomic E-state index is 0.0474. The molecule has 10 heteroatoms. The fourth-order valence-electron chi connectivity index (χ4n) is 2.69. The quantitative estimate of drug-likeness (QED) is 0.441. The predicted octanol–water partition coefficient (Wildman–Crippen LogP) is 2.84. The highest BCUT2D eigenvalue weighted by Crippen LogP contribution is 2.22. The molecule has 0 aromatic heterocycles. The Morgan fingerprint density at radius 2 is 1.90 bits per heavy atom. The Balaban J connectivity index is 1.63. The fourth-order valence-corrected chi connectivity index (χ4v) is 4.56. The van der Waals surface area contributed by atoms with E-state index in [4.69, 9.17) is 14.2 Å². The summed E-state index contributed by atoms with van der Waals surface area (Å²) in [6.07, 6.45) is 0. The van der Waals surface area contributed by atoms with Gasteiger partial charge in [-0.3, -0.25) is 0 Å². The van der Waals surface area contributed by atoms with Gasteiger partial charge in [0.15, 0.2) is 0 Å². The largest absolute Gasteiger partial charge is 0.490 e. The Morgan fingerprint density at radius 1 is 1.14 bits per heavy atom. The standard InChI is InChI=1S/C19H19BrFNO6S/c20-15-2-1-3-16(13-15)27-10-11-28-19(23)14-4-5-17(21)18(12-14)29(24,25)22-6-8-26-9-7-22/h1-5,12-13H,6-11H2. The molecule has 3 rings (SSSR count). The van der Waals surface area contributed by atoms with E-state index < -0.39 is 26.7 Å². The van der Waals surface area contributed by atoms with Crippen molar-refractivity contribution in [3.63, 3.8) is 0 Å². The number of carbonyl (C=O) groups is 1. The molecule has 2 aromatic carbocycles. The van der Waals surface area contributed by atoms with Gasteiger partial charge in [-0.25, -0.2) is 17.6 Å². The van der Waals surface area contributed by atoms with E-state index in [0.29, 0.717) is 5.75 Å². The summed E-state index contributed by atoms with van der Waals surface area (Å²) in [6.45, 7) is 0.796. The Morgan fingerprint density at radius 3 is 2.62 bits per heavy atom. The van der Waals surface area contributed by atoms with Crippen molar-refractivity contribution >= 4 is 31.9 Å². The van der Waals surface area contributed by atoms with Gasteiger partial charge < -0.3 is 14.2 Å². The summed E-state index contributed by atoms with van der Waals surface area (Å²) >= 11 is 3.33. The third-order valence-electron chi connectivity index (χ3n) is 4.14. The van der Waals surface area contributed by atoms with Gasteiger partial charge in [0, 0.05) is 17.6 Å². The smallest absolute Gasteiger partial charge is 0.338 e. The number of hydrogen-bond acceptors (Lipinski definition) is 6. The van der Waals surface area contributed by atoms with Crippen LogP contribution in [0, 0.1) is 5.82 Å². The van der Waals surface area contributed by atoms with E-state index in [2.05, 4.69) is 15.9 Å². The van der Waals surface area contributed by atoms with Crippen LogP contribution in [0.3, 0.4) is 0 Å². The molecule has 0 bridgehead atoms. The summed E-state index contributed by atoms with van der Waals surface area (Å²) in [6, 6.07) is 10.3. The minimum atomic E-state index is -4.07. The Labute approximate surface area is 176 Å². The molecular weight excluding hydrogens is 469 g/mol. The topological polar surface area (TPSA) is 82.1 Å². The van der Waals surface area contributed by atoms with E-state index >= 15 is 0 Å². The first-order chi connectivity index (χ1) is 13.9. The number of sulfonamides is 1. The number of halogens is 2. The second-order valence-corrected chi connectivity index (χ2v) is 8.93. The minimum Gasteiger partial charge on any atom is -0.490 e. The molecule has 0 aliphatic carbocycles. The predicted molar refractivity (Wildman–Crippen MR) is 106 cm³/mol. The zero-order valence-corrected chi connectivity index (χ0v) is 17.7. The van der Waals surface area contributed by atoms with Crippen LogP contribution >= 0.6 is 15.9 Å². The number of ether oxygens (including phenoxy) is 3. The molecule has 0 saturated carbocycles. The summed E-state index contributed by atoms with van der Waals surface area (Å²) in [7, 11) is -4.07. The zero-order chi connectivity index (χ0) is 20.9. The molecule has 0 atom stereocenters. The van der Waals surface area contributed by atoms with Crippen molar-refractivity contribution in [3.8, 4) is 5.75 Å². The lowest BCUT2D eigenvalue weighted by Gasteiger charge is -2.26. The Kier molecular flexibility index (Phi) is 7.23. The van der Waals surface area contributed by atoms with E-state index in [1.807, 2.05) is 6.07 Å². The average Bonchev–Trinajstić information content (AvgIpc) is 2.72. The van der Waals surface area contributed by atoms with Crippen LogP contribution in [0.2, 0.25) is 0 Å². The van der Waals surface area contributed by atoms with Crippen molar-refractivity contribution in [2.75, 3.05) is 39.5 Å². The molecule has 1 aliphatic heterocycles. The number of carbonyl (C=O) groups excluding carboxylic acids is 1. The fraction of sp³-hybridized carbons (Fsp3) is 0.316. The number of nitrogens with zero attached hydrogens (tertiary/aromatic N) is 1. The summed E-state index contributed by atoms with van der Waals surface area (Å²) in [5, 5.41) is 0. The van der Waals surface area contributed by atoms with Crippen LogP contribution in [0.1, 0.15) is 10.4 Å². The molecule has 156 valence electrons. The van der Waals surface area contributed by atoms with Crippen LogP contribution in [0.5, 0.6) is 5.75 Å². The molecule has 1 fully saturated rings. The molecule has 1 saturated heterocycles. The third kappa shape index (κ3) is 5.53. The molecular formula is C19H19BrFNO6S. The summed E-state index contributed by atoms with van der Waals surface area (Å²) in [4.78, 5) is 11.7. The maximum absolute atomic E-state index is 14.2. The first-order valence-corrected chi connectivity index (χ1v) is 11.0. The Hall–Kier alpha value is -2.01. The lowest BCUT2D eigenvalue weighted by Crippen LogP contribution is -2.41. The van der Waals surface area contributed by atoms with Gasteiger partial charge in [-0.1, -0.05) is 22.0 Å². The summed E-state index contributed by atoms with van der Waals surface area (Å²) < 4.78 is 57.3. The number of rotatable bonds is 7. The normalized spacial score (nSPS) is 15.1. The van der Waals surface area contributed by atoms with Gasteiger partial charge in [0.2, 0.25) is 10.0 Å². The second-order valence-electron chi connectivity index (χ2n) is 6.10. The van der Waals surface area contributed by atoms with Crippen molar-refractivity contribution in [2.24, 2.45) is 0 Å². The number of benzene rings is 2. The lowest BCUT2D eigenvalue weighted by atomic mass is 10.2. The van der Waals surface area contributed by atoms with Gasteiger partial charge in [-0.15, -0.1) is 0 Å². The SMILES string of the molecule is O=C(OCCOc1cccc(Br)c1)c1ccc(F)c(S(=O)(=O)N2CCOCC2)c1. The maximum atomic E-state index is 14.2. The van der Waals surface area contributed by atoms with Crippen LogP contribution in [0.15, 0.2) is 51.8 Å². The molecule has 29 heavy (non-hydrogen) atoms. The van der Waals surface area contributed by atoms with Crippen molar-refractivity contribution in [1.82, 2.24) is 4.31 Å². The molecule has 2 aromatic rings. The van der Waals surface area contributed by atoms with Crippen molar-refractivity contribution in [1.29, 1.82) is 0 Å². The molecule has 0 radical (unpaired) electrons. The van der Waals surface area contributed by atoms with Crippen LogP contribution in [-0.4, -0.2) is 58.2 Å². The number of esters is 1.